The number of benzene rings is 2. The summed E-state index contributed by atoms with van der Waals surface area (Å²) < 4.78 is 0. The molecule has 2 aromatic carbocycles. The van der Waals surface area contributed by atoms with Gasteiger partial charge in [-0.05, 0) is 30.5 Å². The van der Waals surface area contributed by atoms with Crippen molar-refractivity contribution in [2.24, 2.45) is 0 Å². The normalized spacial score (nSPS) is 10.6. The maximum Gasteiger partial charge on any atom is 0.300 e. The molecule has 2 aromatic rings. The highest BCUT2D eigenvalue weighted by atomic mass is 35.5. The first kappa shape index (κ1) is 20.2. The molecule has 138 valence electrons. The molecule has 0 aromatic heterocycles. The van der Waals surface area contributed by atoms with Gasteiger partial charge in [-0.3, -0.25) is 20.2 Å². The van der Waals surface area contributed by atoms with E-state index in [0.717, 1.165) is 12.8 Å². The van der Waals surface area contributed by atoms with Gasteiger partial charge in [0.2, 0.25) is 0 Å². The van der Waals surface area contributed by atoms with Crippen molar-refractivity contribution in [3.63, 3.8) is 0 Å². The zero-order valence-corrected chi connectivity index (χ0v) is 15.9. The number of hydrogen-bond acceptors (Lipinski definition) is 5. The summed E-state index contributed by atoms with van der Waals surface area (Å²) in [7, 11) is 0. The van der Waals surface area contributed by atoms with Crippen molar-refractivity contribution in [2.75, 3.05) is 5.32 Å². The molecular formula is C16H14Cl3N3O4. The van der Waals surface area contributed by atoms with Crippen LogP contribution in [0.5, 0.6) is 0 Å². The highest BCUT2D eigenvalue weighted by molar-refractivity contribution is 6.42. The number of nitro benzene ring substituents is 2. The topological polar surface area (TPSA) is 98.3 Å². The number of halogens is 3. The van der Waals surface area contributed by atoms with Crippen LogP contribution in [0.4, 0.5) is 22.7 Å². The lowest BCUT2D eigenvalue weighted by Crippen LogP contribution is -2.04. The average molecular weight is 419 g/mol. The molecule has 0 aliphatic carbocycles. The Labute approximate surface area is 164 Å². The number of nitro groups is 2. The van der Waals surface area contributed by atoms with Crippen LogP contribution in [0.15, 0.2) is 24.3 Å². The molecule has 0 aliphatic rings. The van der Waals surface area contributed by atoms with Crippen LogP contribution < -0.4 is 5.32 Å². The minimum atomic E-state index is -0.678. The molecule has 0 heterocycles. The summed E-state index contributed by atoms with van der Waals surface area (Å²) in [4.78, 5) is 21.6. The lowest BCUT2D eigenvalue weighted by molar-refractivity contribution is -0.392. The van der Waals surface area contributed by atoms with Gasteiger partial charge in [-0.15, -0.1) is 0 Å². The van der Waals surface area contributed by atoms with E-state index in [9.17, 15) is 20.2 Å². The van der Waals surface area contributed by atoms with E-state index in [-0.39, 0.29) is 26.4 Å². The molecule has 1 N–H and O–H groups in total. The number of hydrogen-bond donors (Lipinski definition) is 1. The van der Waals surface area contributed by atoms with Crippen molar-refractivity contribution < 1.29 is 9.85 Å². The van der Waals surface area contributed by atoms with E-state index in [1.165, 1.54) is 24.3 Å². The van der Waals surface area contributed by atoms with Gasteiger partial charge in [0.25, 0.3) is 11.4 Å². The number of nitrogens with zero attached hydrogens (tertiary/aromatic N) is 2. The van der Waals surface area contributed by atoms with Gasteiger partial charge in [0.15, 0.2) is 5.69 Å². The lowest BCUT2D eigenvalue weighted by atomic mass is 10.0. The minimum absolute atomic E-state index is 0.0844. The molecule has 0 atom stereocenters. The molecule has 0 unspecified atom stereocenters. The van der Waals surface area contributed by atoms with E-state index in [4.69, 9.17) is 34.8 Å². The van der Waals surface area contributed by atoms with E-state index in [0.29, 0.717) is 12.0 Å². The Morgan fingerprint density at radius 2 is 1.42 bits per heavy atom. The second-order valence-corrected chi connectivity index (χ2v) is 6.75. The SMILES string of the molecule is CCCCc1cc([N+](=O)[O-])c(Nc2c(Cl)cc(Cl)cc2Cl)c([N+](=O)[O-])c1. The summed E-state index contributed by atoms with van der Waals surface area (Å²) >= 11 is 18.0. The van der Waals surface area contributed by atoms with Gasteiger partial charge < -0.3 is 5.32 Å². The van der Waals surface area contributed by atoms with E-state index in [2.05, 4.69) is 5.32 Å². The third kappa shape index (κ3) is 4.55. The summed E-state index contributed by atoms with van der Waals surface area (Å²) in [6, 6.07) is 5.40. The fourth-order valence-electron chi connectivity index (χ4n) is 2.40. The second kappa shape index (κ2) is 8.53. The van der Waals surface area contributed by atoms with E-state index in [1.54, 1.807) is 0 Å². The molecule has 0 fully saturated rings. The molecule has 10 heteroatoms. The van der Waals surface area contributed by atoms with E-state index >= 15 is 0 Å². The summed E-state index contributed by atoms with van der Waals surface area (Å²) in [5.41, 5.74) is -0.513. The number of nitrogens with one attached hydrogen (secondary N) is 1. The predicted octanol–water partition coefficient (Wildman–Crippen LogP) is 6.55. The van der Waals surface area contributed by atoms with Crippen molar-refractivity contribution in [2.45, 2.75) is 26.2 Å². The molecule has 0 spiro atoms. The highest BCUT2D eigenvalue weighted by Crippen LogP contribution is 2.42. The van der Waals surface area contributed by atoms with Crippen LogP contribution in [-0.2, 0) is 6.42 Å². The van der Waals surface area contributed by atoms with Gasteiger partial charge in [-0.25, -0.2) is 0 Å². The second-order valence-electron chi connectivity index (χ2n) is 5.50. The first-order valence-corrected chi connectivity index (χ1v) is 8.75. The fourth-order valence-corrected chi connectivity index (χ4v) is 3.31. The van der Waals surface area contributed by atoms with Crippen LogP contribution >= 0.6 is 34.8 Å². The van der Waals surface area contributed by atoms with Crippen LogP contribution in [0.25, 0.3) is 0 Å². The van der Waals surface area contributed by atoms with Crippen LogP contribution in [0.1, 0.15) is 25.3 Å². The summed E-state index contributed by atoms with van der Waals surface area (Å²) in [5, 5.41) is 26.1. The van der Waals surface area contributed by atoms with Gasteiger partial charge in [-0.2, -0.15) is 0 Å². The maximum atomic E-state index is 11.5. The van der Waals surface area contributed by atoms with E-state index < -0.39 is 21.2 Å². The zero-order valence-electron chi connectivity index (χ0n) is 13.6. The van der Waals surface area contributed by atoms with Crippen LogP contribution in [0.2, 0.25) is 15.1 Å². The highest BCUT2D eigenvalue weighted by Gasteiger charge is 2.28. The number of aryl methyl sites for hydroxylation is 1. The third-order valence-electron chi connectivity index (χ3n) is 3.63. The van der Waals surface area contributed by atoms with Gasteiger partial charge in [0, 0.05) is 17.2 Å². The van der Waals surface area contributed by atoms with Crippen molar-refractivity contribution in [1.82, 2.24) is 0 Å². The standard InChI is InChI=1S/C16H14Cl3N3O4/c1-2-3-4-9-5-13(21(23)24)16(14(6-9)22(25)26)20-15-11(18)7-10(17)8-12(15)19/h5-8,20H,2-4H2,1H3. The lowest BCUT2D eigenvalue weighted by Gasteiger charge is -2.13. The minimum Gasteiger partial charge on any atom is -0.342 e. The molecule has 0 amide bonds. The molecular weight excluding hydrogens is 405 g/mol. The molecule has 0 saturated heterocycles. The van der Waals surface area contributed by atoms with Gasteiger partial charge in [-0.1, -0.05) is 48.1 Å². The number of unbranched alkanes of at least 4 members (excludes halogenated alkanes) is 1. The molecule has 0 aliphatic heterocycles. The first-order chi connectivity index (χ1) is 12.2. The molecule has 0 radical (unpaired) electrons. The summed E-state index contributed by atoms with van der Waals surface area (Å²) in [6.07, 6.45) is 2.12. The predicted molar refractivity (Wildman–Crippen MR) is 103 cm³/mol. The van der Waals surface area contributed by atoms with Gasteiger partial charge in [0.1, 0.15) is 0 Å². The Kier molecular flexibility index (Phi) is 6.63. The Bertz CT molecular complexity index is 816. The summed E-state index contributed by atoms with van der Waals surface area (Å²) in [5.74, 6) is 0. The summed E-state index contributed by atoms with van der Waals surface area (Å²) in [6.45, 7) is 1.96. The fraction of sp³-hybridized carbons (Fsp3) is 0.250. The van der Waals surface area contributed by atoms with Crippen LogP contribution in [0, 0.1) is 20.2 Å². The number of rotatable bonds is 7. The third-order valence-corrected chi connectivity index (χ3v) is 4.44. The molecule has 0 bridgehead atoms. The Hall–Kier alpha value is -2.09. The number of anilines is 2. The van der Waals surface area contributed by atoms with Gasteiger partial charge >= 0.3 is 0 Å². The monoisotopic (exact) mass is 417 g/mol. The van der Waals surface area contributed by atoms with Crippen molar-refractivity contribution in [3.05, 3.63) is 65.1 Å². The van der Waals surface area contributed by atoms with E-state index in [1.807, 2.05) is 6.92 Å². The van der Waals surface area contributed by atoms with Crippen molar-refractivity contribution in [1.29, 1.82) is 0 Å². The maximum absolute atomic E-state index is 11.5. The average Bonchev–Trinajstić information content (AvgIpc) is 2.55. The van der Waals surface area contributed by atoms with Crippen LogP contribution in [0.3, 0.4) is 0 Å². The Morgan fingerprint density at radius 3 is 1.85 bits per heavy atom. The largest absolute Gasteiger partial charge is 0.342 e. The van der Waals surface area contributed by atoms with Crippen molar-refractivity contribution in [3.8, 4) is 0 Å². The molecule has 7 nitrogen and oxygen atoms in total. The zero-order chi connectivity index (χ0) is 19.4. The van der Waals surface area contributed by atoms with Crippen molar-refractivity contribution >= 4 is 57.6 Å². The van der Waals surface area contributed by atoms with Crippen LogP contribution in [-0.4, -0.2) is 9.85 Å². The molecule has 2 rings (SSSR count). The first-order valence-electron chi connectivity index (χ1n) is 7.61. The molecule has 26 heavy (non-hydrogen) atoms. The Morgan fingerprint density at radius 1 is 0.923 bits per heavy atom. The molecule has 0 saturated carbocycles. The Balaban J connectivity index is 2.63. The smallest absolute Gasteiger partial charge is 0.300 e. The van der Waals surface area contributed by atoms with Gasteiger partial charge in [0.05, 0.1) is 25.6 Å². The quantitative estimate of drug-likeness (QED) is 0.406.